The third-order valence-electron chi connectivity index (χ3n) is 3.66. The lowest BCUT2D eigenvalue weighted by molar-refractivity contribution is 0.0952. The number of carbonyl (C=O) groups is 1. The SMILES string of the molecule is Cc1nc(C(C)C)sc1C(=O)NCCN1CCS(=O)(=O)CC1. The van der Waals surface area contributed by atoms with E-state index in [1.807, 2.05) is 6.92 Å². The van der Waals surface area contributed by atoms with Crippen LogP contribution >= 0.6 is 11.3 Å². The summed E-state index contributed by atoms with van der Waals surface area (Å²) in [6.45, 7) is 8.27. The van der Waals surface area contributed by atoms with E-state index in [0.29, 0.717) is 37.0 Å². The summed E-state index contributed by atoms with van der Waals surface area (Å²) < 4.78 is 22.7. The molecule has 1 saturated heterocycles. The third-order valence-corrected chi connectivity index (χ3v) is 6.73. The van der Waals surface area contributed by atoms with Gasteiger partial charge < -0.3 is 5.32 Å². The Morgan fingerprint density at radius 2 is 2.00 bits per heavy atom. The quantitative estimate of drug-likeness (QED) is 0.862. The molecule has 1 N–H and O–H groups in total. The van der Waals surface area contributed by atoms with Crippen LogP contribution in [0.25, 0.3) is 0 Å². The number of aryl methyl sites for hydroxylation is 1. The van der Waals surface area contributed by atoms with Crippen molar-refractivity contribution in [3.05, 3.63) is 15.6 Å². The number of rotatable bonds is 5. The molecule has 0 radical (unpaired) electrons. The smallest absolute Gasteiger partial charge is 0.263 e. The Morgan fingerprint density at radius 3 is 2.55 bits per heavy atom. The number of carbonyl (C=O) groups excluding carboxylic acids is 1. The molecule has 0 atom stereocenters. The maximum Gasteiger partial charge on any atom is 0.263 e. The standard InChI is InChI=1S/C14H23N3O3S2/c1-10(2)14-16-11(3)12(21-14)13(18)15-4-5-17-6-8-22(19,20)9-7-17/h10H,4-9H2,1-3H3,(H,15,18). The largest absolute Gasteiger partial charge is 0.350 e. The van der Waals surface area contributed by atoms with E-state index in [-0.39, 0.29) is 17.4 Å². The molecule has 0 unspecified atom stereocenters. The topological polar surface area (TPSA) is 79.4 Å². The van der Waals surface area contributed by atoms with Crippen molar-refractivity contribution in [3.63, 3.8) is 0 Å². The van der Waals surface area contributed by atoms with Crippen molar-refractivity contribution in [3.8, 4) is 0 Å². The highest BCUT2D eigenvalue weighted by molar-refractivity contribution is 7.91. The summed E-state index contributed by atoms with van der Waals surface area (Å²) in [6.07, 6.45) is 0. The van der Waals surface area contributed by atoms with Gasteiger partial charge >= 0.3 is 0 Å². The Balaban J connectivity index is 1.81. The van der Waals surface area contributed by atoms with Gasteiger partial charge in [0.15, 0.2) is 9.84 Å². The summed E-state index contributed by atoms with van der Waals surface area (Å²) in [4.78, 5) is 19.4. The zero-order chi connectivity index (χ0) is 16.3. The zero-order valence-corrected chi connectivity index (χ0v) is 14.9. The molecule has 1 fully saturated rings. The summed E-state index contributed by atoms with van der Waals surface area (Å²) >= 11 is 1.45. The lowest BCUT2D eigenvalue weighted by Gasteiger charge is -2.26. The van der Waals surface area contributed by atoms with Crippen LogP contribution in [0.1, 0.15) is 40.1 Å². The Morgan fingerprint density at radius 1 is 1.36 bits per heavy atom. The number of nitrogens with one attached hydrogen (secondary N) is 1. The second-order valence-electron chi connectivity index (χ2n) is 5.87. The molecule has 124 valence electrons. The average Bonchev–Trinajstić information content (AvgIpc) is 2.83. The fourth-order valence-corrected chi connectivity index (χ4v) is 4.52. The summed E-state index contributed by atoms with van der Waals surface area (Å²) in [5, 5.41) is 3.88. The molecule has 1 aromatic rings. The van der Waals surface area contributed by atoms with Crippen molar-refractivity contribution in [2.75, 3.05) is 37.7 Å². The number of hydrogen-bond donors (Lipinski definition) is 1. The highest BCUT2D eigenvalue weighted by Gasteiger charge is 2.21. The van der Waals surface area contributed by atoms with Gasteiger partial charge in [0, 0.05) is 32.1 Å². The Hall–Kier alpha value is -0.990. The molecule has 22 heavy (non-hydrogen) atoms. The van der Waals surface area contributed by atoms with E-state index in [4.69, 9.17) is 0 Å². The summed E-state index contributed by atoms with van der Waals surface area (Å²) in [5.74, 6) is 0.659. The molecular weight excluding hydrogens is 322 g/mol. The van der Waals surface area contributed by atoms with Gasteiger partial charge in [-0.3, -0.25) is 9.69 Å². The van der Waals surface area contributed by atoms with E-state index in [9.17, 15) is 13.2 Å². The van der Waals surface area contributed by atoms with Crippen molar-refractivity contribution >= 4 is 27.1 Å². The Labute approximate surface area is 135 Å². The molecule has 0 bridgehead atoms. The van der Waals surface area contributed by atoms with Crippen LogP contribution in [0.15, 0.2) is 0 Å². The monoisotopic (exact) mass is 345 g/mol. The minimum atomic E-state index is -2.85. The summed E-state index contributed by atoms with van der Waals surface area (Å²) in [5.41, 5.74) is 0.773. The van der Waals surface area contributed by atoms with Crippen LogP contribution in [-0.2, 0) is 9.84 Å². The molecule has 1 aliphatic rings. The minimum Gasteiger partial charge on any atom is -0.350 e. The summed E-state index contributed by atoms with van der Waals surface area (Å²) in [7, 11) is -2.85. The van der Waals surface area contributed by atoms with Crippen LogP contribution in [-0.4, -0.2) is 61.9 Å². The van der Waals surface area contributed by atoms with Crippen molar-refractivity contribution in [2.45, 2.75) is 26.7 Å². The van der Waals surface area contributed by atoms with Crippen molar-refractivity contribution in [1.29, 1.82) is 0 Å². The molecule has 1 amide bonds. The summed E-state index contributed by atoms with van der Waals surface area (Å²) in [6, 6.07) is 0. The van der Waals surface area contributed by atoms with Crippen LogP contribution in [0.4, 0.5) is 0 Å². The van der Waals surface area contributed by atoms with E-state index in [1.165, 1.54) is 11.3 Å². The molecule has 8 heteroatoms. The van der Waals surface area contributed by atoms with Crippen molar-refractivity contribution in [1.82, 2.24) is 15.2 Å². The molecule has 2 heterocycles. The Bertz CT molecular complexity index is 624. The van der Waals surface area contributed by atoms with Gasteiger partial charge in [0.1, 0.15) is 4.88 Å². The number of hydrogen-bond acceptors (Lipinski definition) is 6. The van der Waals surface area contributed by atoms with Gasteiger partial charge in [-0.05, 0) is 6.92 Å². The normalized spacial score (nSPS) is 18.5. The fraction of sp³-hybridized carbons (Fsp3) is 0.714. The van der Waals surface area contributed by atoms with E-state index in [0.717, 1.165) is 10.7 Å². The van der Waals surface area contributed by atoms with Gasteiger partial charge in [0.05, 0.1) is 22.2 Å². The maximum atomic E-state index is 12.2. The average molecular weight is 345 g/mol. The molecule has 0 aliphatic carbocycles. The number of thiazole rings is 1. The first-order chi connectivity index (χ1) is 10.3. The number of nitrogens with zero attached hydrogens (tertiary/aromatic N) is 2. The third kappa shape index (κ3) is 4.50. The first kappa shape index (κ1) is 17.4. The van der Waals surface area contributed by atoms with Gasteiger partial charge in [0.2, 0.25) is 0 Å². The predicted molar refractivity (Wildman–Crippen MR) is 88.4 cm³/mol. The highest BCUT2D eigenvalue weighted by Crippen LogP contribution is 2.24. The van der Waals surface area contributed by atoms with Gasteiger partial charge in [-0.25, -0.2) is 13.4 Å². The van der Waals surface area contributed by atoms with E-state index in [2.05, 4.69) is 29.0 Å². The number of amides is 1. The number of aromatic nitrogens is 1. The van der Waals surface area contributed by atoms with Crippen LogP contribution in [0.5, 0.6) is 0 Å². The fourth-order valence-electron chi connectivity index (χ4n) is 2.26. The Kier molecular flexibility index (Phi) is 5.57. The first-order valence-corrected chi connectivity index (χ1v) is 10.1. The second kappa shape index (κ2) is 7.06. The first-order valence-electron chi connectivity index (χ1n) is 7.47. The highest BCUT2D eigenvalue weighted by atomic mass is 32.2. The molecular formula is C14H23N3O3S2. The van der Waals surface area contributed by atoms with Gasteiger partial charge in [-0.2, -0.15) is 0 Å². The molecule has 1 aliphatic heterocycles. The molecule has 6 nitrogen and oxygen atoms in total. The van der Waals surface area contributed by atoms with Crippen LogP contribution in [0, 0.1) is 6.92 Å². The molecule has 1 aromatic heterocycles. The van der Waals surface area contributed by atoms with Crippen LogP contribution < -0.4 is 5.32 Å². The lowest BCUT2D eigenvalue weighted by atomic mass is 10.2. The van der Waals surface area contributed by atoms with Gasteiger partial charge in [-0.1, -0.05) is 13.8 Å². The van der Waals surface area contributed by atoms with Crippen LogP contribution in [0.3, 0.4) is 0 Å². The second-order valence-corrected chi connectivity index (χ2v) is 9.20. The zero-order valence-electron chi connectivity index (χ0n) is 13.3. The van der Waals surface area contributed by atoms with Crippen molar-refractivity contribution < 1.29 is 13.2 Å². The van der Waals surface area contributed by atoms with E-state index in [1.54, 1.807) is 0 Å². The van der Waals surface area contributed by atoms with E-state index < -0.39 is 9.84 Å². The van der Waals surface area contributed by atoms with Gasteiger partial charge in [-0.15, -0.1) is 11.3 Å². The minimum absolute atomic E-state index is 0.0912. The predicted octanol–water partition coefficient (Wildman–Crippen LogP) is 1.04. The molecule has 0 spiro atoms. The molecule has 0 saturated carbocycles. The maximum absolute atomic E-state index is 12.2. The van der Waals surface area contributed by atoms with Gasteiger partial charge in [0.25, 0.3) is 5.91 Å². The number of sulfone groups is 1. The molecule has 2 rings (SSSR count). The van der Waals surface area contributed by atoms with Crippen molar-refractivity contribution in [2.24, 2.45) is 0 Å². The lowest BCUT2D eigenvalue weighted by Crippen LogP contribution is -2.43. The molecule has 0 aromatic carbocycles. The van der Waals surface area contributed by atoms with E-state index >= 15 is 0 Å². The van der Waals surface area contributed by atoms with Crippen LogP contribution in [0.2, 0.25) is 0 Å².